The van der Waals surface area contributed by atoms with E-state index < -0.39 is 27.7 Å². The Balaban J connectivity index is 1.73. The van der Waals surface area contributed by atoms with Gasteiger partial charge in [0.15, 0.2) is 0 Å². The van der Waals surface area contributed by atoms with Crippen molar-refractivity contribution >= 4 is 44.8 Å². The van der Waals surface area contributed by atoms with Crippen LogP contribution in [0.15, 0.2) is 47.4 Å². The normalized spacial score (nSPS) is 17.4. The number of anilines is 2. The lowest BCUT2D eigenvalue weighted by atomic mass is 9.98. The summed E-state index contributed by atoms with van der Waals surface area (Å²) in [5.41, 5.74) is 0.263. The van der Waals surface area contributed by atoms with Crippen molar-refractivity contribution in [3.05, 3.63) is 53.3 Å². The van der Waals surface area contributed by atoms with Crippen molar-refractivity contribution in [2.45, 2.75) is 24.7 Å². The topological polar surface area (TPSA) is 95.6 Å². The monoisotopic (exact) mass is 453 g/mol. The molecule has 2 aromatic rings. The molecule has 1 fully saturated rings. The van der Waals surface area contributed by atoms with Gasteiger partial charge in [0.2, 0.25) is 21.8 Å². The Morgan fingerprint density at radius 1 is 1.13 bits per heavy atom. The van der Waals surface area contributed by atoms with E-state index >= 15 is 0 Å². The molecule has 0 bridgehead atoms. The molecule has 10 heteroatoms. The standard InChI is InChI=1S/C20H21ClFN3O4S/c1-13(26)23-16-6-9-18(22)19(11-16)24-20(27)14-3-2-10-25(12-14)30(28,29)17-7-4-15(21)5-8-17/h4-9,11,14H,2-3,10,12H2,1H3,(H,23,26)(H,24,27). The molecule has 30 heavy (non-hydrogen) atoms. The smallest absolute Gasteiger partial charge is 0.243 e. The summed E-state index contributed by atoms with van der Waals surface area (Å²) < 4.78 is 41.1. The molecule has 1 unspecified atom stereocenters. The second-order valence-corrected chi connectivity index (χ2v) is 9.40. The van der Waals surface area contributed by atoms with E-state index in [2.05, 4.69) is 10.6 Å². The molecule has 160 valence electrons. The maximum absolute atomic E-state index is 14.1. The molecule has 0 aromatic heterocycles. The number of nitrogens with zero attached hydrogens (tertiary/aromatic N) is 1. The van der Waals surface area contributed by atoms with Crippen LogP contribution in [0.1, 0.15) is 19.8 Å². The molecule has 0 spiro atoms. The van der Waals surface area contributed by atoms with E-state index in [4.69, 9.17) is 11.6 Å². The largest absolute Gasteiger partial charge is 0.326 e. The van der Waals surface area contributed by atoms with Crippen LogP contribution in [0.4, 0.5) is 15.8 Å². The van der Waals surface area contributed by atoms with Crippen LogP contribution in [0.3, 0.4) is 0 Å². The van der Waals surface area contributed by atoms with Crippen LogP contribution in [0.5, 0.6) is 0 Å². The Bertz CT molecular complexity index is 1060. The first kappa shape index (κ1) is 22.2. The highest BCUT2D eigenvalue weighted by molar-refractivity contribution is 7.89. The van der Waals surface area contributed by atoms with Crippen LogP contribution in [-0.4, -0.2) is 37.6 Å². The van der Waals surface area contributed by atoms with Gasteiger partial charge in [-0.3, -0.25) is 9.59 Å². The number of hydrogen-bond donors (Lipinski definition) is 2. The van der Waals surface area contributed by atoms with Crippen molar-refractivity contribution in [1.82, 2.24) is 4.31 Å². The van der Waals surface area contributed by atoms with Gasteiger partial charge in [-0.2, -0.15) is 4.31 Å². The van der Waals surface area contributed by atoms with Crippen LogP contribution in [-0.2, 0) is 19.6 Å². The Kier molecular flexibility index (Phi) is 6.74. The van der Waals surface area contributed by atoms with Crippen LogP contribution < -0.4 is 10.6 Å². The maximum Gasteiger partial charge on any atom is 0.243 e. The summed E-state index contributed by atoms with van der Waals surface area (Å²) >= 11 is 5.83. The summed E-state index contributed by atoms with van der Waals surface area (Å²) in [5, 5.41) is 5.45. The number of nitrogens with one attached hydrogen (secondary N) is 2. The molecule has 1 heterocycles. The lowest BCUT2D eigenvalue weighted by Crippen LogP contribution is -2.43. The van der Waals surface area contributed by atoms with Gasteiger partial charge in [0.25, 0.3) is 0 Å². The molecule has 7 nitrogen and oxygen atoms in total. The van der Waals surface area contributed by atoms with E-state index in [9.17, 15) is 22.4 Å². The summed E-state index contributed by atoms with van der Waals surface area (Å²) in [4.78, 5) is 24.0. The highest BCUT2D eigenvalue weighted by Gasteiger charge is 2.33. The van der Waals surface area contributed by atoms with Gasteiger partial charge in [0.1, 0.15) is 5.82 Å². The Morgan fingerprint density at radius 2 is 1.83 bits per heavy atom. The van der Waals surface area contributed by atoms with Crippen LogP contribution in [0.25, 0.3) is 0 Å². The molecular weight excluding hydrogens is 433 g/mol. The number of rotatable bonds is 5. The summed E-state index contributed by atoms with van der Waals surface area (Å²) in [6, 6.07) is 9.67. The number of amides is 2. The van der Waals surface area contributed by atoms with E-state index in [1.54, 1.807) is 0 Å². The van der Waals surface area contributed by atoms with Gasteiger partial charge in [-0.05, 0) is 55.3 Å². The first-order chi connectivity index (χ1) is 14.2. The molecule has 0 aliphatic carbocycles. The molecule has 2 N–H and O–H groups in total. The van der Waals surface area contributed by atoms with Crippen molar-refractivity contribution in [2.24, 2.45) is 5.92 Å². The van der Waals surface area contributed by atoms with Gasteiger partial charge in [0.05, 0.1) is 16.5 Å². The third-order valence-corrected chi connectivity index (χ3v) is 6.88. The number of halogens is 2. The lowest BCUT2D eigenvalue weighted by molar-refractivity contribution is -0.121. The zero-order valence-electron chi connectivity index (χ0n) is 16.2. The summed E-state index contributed by atoms with van der Waals surface area (Å²) in [5.74, 6) is -2.09. The minimum Gasteiger partial charge on any atom is -0.326 e. The van der Waals surface area contributed by atoms with E-state index in [0.29, 0.717) is 30.1 Å². The number of benzene rings is 2. The SMILES string of the molecule is CC(=O)Nc1ccc(F)c(NC(=O)C2CCCN(S(=O)(=O)c3ccc(Cl)cc3)C2)c1. The number of piperidine rings is 1. The highest BCUT2D eigenvalue weighted by atomic mass is 35.5. The second-order valence-electron chi connectivity index (χ2n) is 7.02. The Morgan fingerprint density at radius 3 is 2.50 bits per heavy atom. The van der Waals surface area contributed by atoms with Gasteiger partial charge < -0.3 is 10.6 Å². The van der Waals surface area contributed by atoms with E-state index in [1.807, 2.05) is 0 Å². The Hall–Kier alpha value is -2.49. The number of sulfonamides is 1. The third kappa shape index (κ3) is 5.16. The van der Waals surface area contributed by atoms with Crippen LogP contribution in [0, 0.1) is 11.7 Å². The van der Waals surface area contributed by atoms with Crippen LogP contribution in [0.2, 0.25) is 5.02 Å². The van der Waals surface area contributed by atoms with Crippen molar-refractivity contribution in [3.8, 4) is 0 Å². The predicted octanol–water partition coefficient (Wildman–Crippen LogP) is 3.48. The van der Waals surface area contributed by atoms with Crippen LogP contribution >= 0.6 is 11.6 Å². The van der Waals surface area contributed by atoms with E-state index in [-0.39, 0.29) is 23.0 Å². The molecule has 0 saturated carbocycles. The molecular formula is C20H21ClFN3O4S. The zero-order valence-corrected chi connectivity index (χ0v) is 17.8. The molecule has 1 atom stereocenters. The summed E-state index contributed by atoms with van der Waals surface area (Å²) in [7, 11) is -3.77. The van der Waals surface area contributed by atoms with Crippen molar-refractivity contribution < 1.29 is 22.4 Å². The lowest BCUT2D eigenvalue weighted by Gasteiger charge is -2.31. The minimum atomic E-state index is -3.77. The Labute approximate surface area is 179 Å². The zero-order chi connectivity index (χ0) is 21.9. The molecule has 1 saturated heterocycles. The average molecular weight is 454 g/mol. The van der Waals surface area contributed by atoms with Crippen molar-refractivity contribution in [2.75, 3.05) is 23.7 Å². The fourth-order valence-corrected chi connectivity index (χ4v) is 4.92. The van der Waals surface area contributed by atoms with Gasteiger partial charge in [0, 0.05) is 30.7 Å². The van der Waals surface area contributed by atoms with Crippen molar-refractivity contribution in [1.29, 1.82) is 0 Å². The predicted molar refractivity (Wildman–Crippen MR) is 112 cm³/mol. The molecule has 3 rings (SSSR count). The molecule has 2 aromatic carbocycles. The molecule has 2 amide bonds. The van der Waals surface area contributed by atoms with Crippen molar-refractivity contribution in [3.63, 3.8) is 0 Å². The van der Waals surface area contributed by atoms with Gasteiger partial charge in [-0.15, -0.1) is 0 Å². The molecule has 1 aliphatic heterocycles. The summed E-state index contributed by atoms with van der Waals surface area (Å²) in [6.45, 7) is 1.60. The minimum absolute atomic E-state index is 0.0101. The second kappa shape index (κ2) is 9.11. The fraction of sp³-hybridized carbons (Fsp3) is 0.300. The quantitative estimate of drug-likeness (QED) is 0.724. The van der Waals surface area contributed by atoms with Gasteiger partial charge in [-0.25, -0.2) is 12.8 Å². The number of hydrogen-bond acceptors (Lipinski definition) is 4. The average Bonchev–Trinajstić information content (AvgIpc) is 2.70. The van der Waals surface area contributed by atoms with Gasteiger partial charge in [-0.1, -0.05) is 11.6 Å². The summed E-state index contributed by atoms with van der Waals surface area (Å²) in [6.07, 6.45) is 0.977. The third-order valence-electron chi connectivity index (χ3n) is 4.75. The van der Waals surface area contributed by atoms with Gasteiger partial charge >= 0.3 is 0 Å². The first-order valence-corrected chi connectivity index (χ1v) is 11.1. The highest BCUT2D eigenvalue weighted by Crippen LogP contribution is 2.27. The van der Waals surface area contributed by atoms with E-state index in [0.717, 1.165) is 6.07 Å². The van der Waals surface area contributed by atoms with E-state index in [1.165, 1.54) is 47.6 Å². The maximum atomic E-state index is 14.1. The first-order valence-electron chi connectivity index (χ1n) is 9.30. The molecule has 0 radical (unpaired) electrons. The molecule has 1 aliphatic rings. The fourth-order valence-electron chi connectivity index (χ4n) is 3.27. The number of carbonyl (C=O) groups excluding carboxylic acids is 2. The number of carbonyl (C=O) groups is 2.